The van der Waals surface area contributed by atoms with E-state index in [1.165, 1.54) is 11.8 Å². The topological polar surface area (TPSA) is 22.6 Å². The van der Waals surface area contributed by atoms with Crippen LogP contribution in [0.25, 0.3) is 44.5 Å². The maximum Gasteiger partial charge on any atom is 0.135 e. The van der Waals surface area contributed by atoms with Crippen LogP contribution in [0.1, 0.15) is 45.6 Å². The van der Waals surface area contributed by atoms with Gasteiger partial charge in [0, 0.05) is 61.0 Å². The molecule has 8 aromatic carbocycles. The second-order valence-electron chi connectivity index (χ2n) is 16.7. The zero-order chi connectivity index (χ0) is 52.1. The van der Waals surface area contributed by atoms with Gasteiger partial charge in [0.25, 0.3) is 0 Å². The Morgan fingerprint density at radius 2 is 1.18 bits per heavy atom. The minimum atomic E-state index is -0.556. The van der Waals surface area contributed by atoms with Gasteiger partial charge in [-0.05, 0) is 64.9 Å². The molecule has 6 heteroatoms. The molecule has 65 heavy (non-hydrogen) atoms. The van der Waals surface area contributed by atoms with Gasteiger partial charge in [-0.1, -0.05) is 165 Å². The molecule has 0 aliphatic carbocycles. The summed E-state index contributed by atoms with van der Waals surface area (Å²) in [5.41, 5.74) is 10.7. The average Bonchev–Trinajstić information content (AvgIpc) is 3.74. The van der Waals surface area contributed by atoms with E-state index in [0.29, 0.717) is 17.1 Å². The minimum Gasteiger partial charge on any atom is -0.493 e. The zero-order valence-electron chi connectivity index (χ0n) is 45.8. The summed E-state index contributed by atoms with van der Waals surface area (Å²) in [5, 5.41) is 0. The third kappa shape index (κ3) is 7.88. The largest absolute Gasteiger partial charge is 0.493 e. The zero-order valence-corrected chi connectivity index (χ0v) is 38.9. The molecule has 2 aliphatic heterocycles. The van der Waals surface area contributed by atoms with Crippen LogP contribution < -0.4 is 14.7 Å². The Hall–Kier alpha value is -6.65. The van der Waals surface area contributed by atoms with E-state index in [1.54, 1.807) is 29.8 Å². The average molecular weight is 1050 g/mol. The minimum absolute atomic E-state index is 0. The first kappa shape index (κ1) is 32.1. The third-order valence-electron chi connectivity index (χ3n) is 11.5. The van der Waals surface area contributed by atoms with Gasteiger partial charge in [0.2, 0.25) is 0 Å². The van der Waals surface area contributed by atoms with Gasteiger partial charge in [0.1, 0.15) is 5.82 Å². The van der Waals surface area contributed by atoms with Crippen LogP contribution in [0.15, 0.2) is 204 Å². The molecule has 0 atom stereocenters. The fraction of sp³-hybridized carbons (Fsp3) is 0.0847. The molecule has 2 aliphatic rings. The van der Waals surface area contributed by atoms with E-state index in [-0.39, 0.29) is 54.4 Å². The van der Waals surface area contributed by atoms with E-state index in [2.05, 4.69) is 111 Å². The molecule has 0 radical (unpaired) electrons. The third-order valence-corrected chi connectivity index (χ3v) is 12.5. The molecular formula is C59H45N4PtS-3. The molecule has 4 nitrogen and oxygen atoms in total. The summed E-state index contributed by atoms with van der Waals surface area (Å²) in [4.78, 5) is 12.5. The molecule has 11 rings (SSSR count). The summed E-state index contributed by atoms with van der Waals surface area (Å²) in [6, 6.07) is 44.1. The Bertz CT molecular complexity index is 3660. The number of rotatable bonds is 7. The molecule has 0 unspecified atom stereocenters. The molecule has 0 fully saturated rings. The van der Waals surface area contributed by atoms with Crippen molar-refractivity contribution < 1.29 is 34.8 Å². The van der Waals surface area contributed by atoms with E-state index in [4.69, 9.17) is 18.7 Å². The molecule has 9 aromatic rings. The number of anilines is 7. The van der Waals surface area contributed by atoms with Gasteiger partial charge in [-0.3, -0.25) is 0 Å². The molecule has 0 bridgehead atoms. The van der Waals surface area contributed by atoms with Crippen LogP contribution in [-0.2, 0) is 26.5 Å². The quantitative estimate of drug-likeness (QED) is 0.148. The standard InChI is InChI=1S/C59H45N4S.Pt/c1-40-29-31-49-51-32-30-46(38-56(51)63(53-26-12-11-23-50(53)52(49)35-40)57-36-43(33-34-60-57)59(2,3)4)64-45-22-15-21-44(37-45)61-39-62(55-28-14-13-27-54(55)61)58-47(41-17-7-5-8-18-41)24-16-25-48(58)42-19-9-6-10-20-42;/h5-36,39H,1-4H3;/q-3;/i5D,6D,7D,8D,9D,10D,17D,18D,19D,20D;. The van der Waals surface area contributed by atoms with E-state index in [0.717, 1.165) is 60.4 Å². The fourth-order valence-corrected chi connectivity index (χ4v) is 9.33. The van der Waals surface area contributed by atoms with Gasteiger partial charge in [0.05, 0.1) is 19.4 Å². The number of para-hydroxylation sites is 4. The summed E-state index contributed by atoms with van der Waals surface area (Å²) < 4.78 is 87.4. The smallest absolute Gasteiger partial charge is 0.135 e. The number of aromatic nitrogens is 1. The van der Waals surface area contributed by atoms with Gasteiger partial charge >= 0.3 is 0 Å². The summed E-state index contributed by atoms with van der Waals surface area (Å²) in [6.45, 7) is 10.5. The van der Waals surface area contributed by atoms with Crippen molar-refractivity contribution in [3.63, 3.8) is 0 Å². The molecule has 0 saturated carbocycles. The van der Waals surface area contributed by atoms with E-state index >= 15 is 0 Å². The monoisotopic (exact) mass is 1050 g/mol. The van der Waals surface area contributed by atoms with Gasteiger partial charge in [-0.25, -0.2) is 4.98 Å². The normalized spacial score (nSPS) is 14.9. The number of pyridine rings is 1. The van der Waals surface area contributed by atoms with Crippen molar-refractivity contribution in [2.45, 2.75) is 42.9 Å². The van der Waals surface area contributed by atoms with Crippen molar-refractivity contribution in [3.8, 4) is 44.5 Å². The SMILES string of the molecule is [2H]c1c([2H])c([2H])c(-c2cccc(-c3c([2H])c([2H])c([2H])c([2H])c3[2H])c2N2[CH-]N(c3[c-]c(Sc4[c-]c5c(cc4)-c4ccc(C)cc4-c4ccccc4N5c4cc(C(C)(C)C)ccn4)ccc3)c3ccccc32)c([2H])c1[2H].[Pt]. The number of aryl methyl sites for hydroxylation is 1. The Labute approximate surface area is 415 Å². The molecule has 0 saturated heterocycles. The predicted octanol–water partition coefficient (Wildman–Crippen LogP) is 16.3. The number of hydrogen-bond acceptors (Lipinski definition) is 5. The van der Waals surface area contributed by atoms with Crippen LogP contribution in [0, 0.1) is 25.7 Å². The first-order chi connectivity index (χ1) is 35.4. The number of nitrogens with zero attached hydrogens (tertiary/aromatic N) is 4. The Morgan fingerprint density at radius 3 is 1.89 bits per heavy atom. The van der Waals surface area contributed by atoms with E-state index in [1.807, 2.05) is 53.6 Å². The van der Waals surface area contributed by atoms with E-state index < -0.39 is 60.4 Å². The van der Waals surface area contributed by atoms with Crippen molar-refractivity contribution in [1.82, 2.24) is 4.98 Å². The van der Waals surface area contributed by atoms with Crippen LogP contribution in [0.2, 0.25) is 0 Å². The summed E-state index contributed by atoms with van der Waals surface area (Å²) in [7, 11) is 0. The fourth-order valence-electron chi connectivity index (χ4n) is 8.51. The molecule has 0 amide bonds. The molecule has 3 heterocycles. The molecule has 1 aromatic heterocycles. The van der Waals surface area contributed by atoms with Crippen LogP contribution in [0.4, 0.5) is 39.9 Å². The van der Waals surface area contributed by atoms with Crippen LogP contribution >= 0.6 is 11.8 Å². The molecular weight excluding hydrogens is 992 g/mol. The van der Waals surface area contributed by atoms with Gasteiger partial charge in [-0.2, -0.15) is 24.3 Å². The van der Waals surface area contributed by atoms with Crippen LogP contribution in [0.3, 0.4) is 0 Å². The van der Waals surface area contributed by atoms with Gasteiger partial charge in [0.15, 0.2) is 0 Å². The summed E-state index contributed by atoms with van der Waals surface area (Å²) in [5.74, 6) is 0.776. The maximum absolute atomic E-state index is 9.07. The number of benzene rings is 8. The molecule has 320 valence electrons. The van der Waals surface area contributed by atoms with Crippen molar-refractivity contribution in [2.75, 3.05) is 14.7 Å². The molecule has 0 spiro atoms. The van der Waals surface area contributed by atoms with Crippen molar-refractivity contribution >= 4 is 51.7 Å². The Balaban J connectivity index is 0.00000641. The maximum atomic E-state index is 9.07. The van der Waals surface area contributed by atoms with Gasteiger partial charge in [-0.15, -0.1) is 57.7 Å². The second-order valence-corrected chi connectivity index (χ2v) is 17.8. The molecule has 0 N–H and O–H groups in total. The Kier molecular flexibility index (Phi) is 8.58. The second kappa shape index (κ2) is 17.4. The van der Waals surface area contributed by atoms with Crippen LogP contribution in [-0.4, -0.2) is 4.98 Å². The van der Waals surface area contributed by atoms with E-state index in [9.17, 15) is 0 Å². The number of hydrogen-bond donors (Lipinski definition) is 0. The van der Waals surface area contributed by atoms with Crippen molar-refractivity contribution in [1.29, 1.82) is 0 Å². The Morgan fingerprint density at radius 1 is 0.569 bits per heavy atom. The van der Waals surface area contributed by atoms with Crippen molar-refractivity contribution in [3.05, 3.63) is 224 Å². The predicted molar refractivity (Wildman–Crippen MR) is 267 cm³/mol. The number of fused-ring (bicyclic) bond motifs is 6. The first-order valence-electron chi connectivity index (χ1n) is 26.0. The van der Waals surface area contributed by atoms with Crippen LogP contribution in [0.5, 0.6) is 0 Å². The summed E-state index contributed by atoms with van der Waals surface area (Å²) >= 11 is 1.50. The van der Waals surface area contributed by atoms with Crippen molar-refractivity contribution in [2.24, 2.45) is 0 Å². The summed E-state index contributed by atoms with van der Waals surface area (Å²) in [6.07, 6.45) is 1.87. The van der Waals surface area contributed by atoms with Gasteiger partial charge < -0.3 is 14.7 Å². The first-order valence-corrected chi connectivity index (χ1v) is 21.8.